The first-order valence-corrected chi connectivity index (χ1v) is 7.56. The minimum Gasteiger partial charge on any atom is -0.365 e. The second-order valence-electron chi connectivity index (χ2n) is 5.69. The minimum atomic E-state index is -0.100. The lowest BCUT2D eigenvalue weighted by Crippen LogP contribution is -2.39. The van der Waals surface area contributed by atoms with Crippen LogP contribution in [-0.2, 0) is 6.54 Å². The van der Waals surface area contributed by atoms with Gasteiger partial charge >= 0.3 is 0 Å². The number of likely N-dealkylation sites (N-methyl/N-ethyl adjacent to an activating group) is 1. The molecule has 20 heavy (non-hydrogen) atoms. The molecule has 1 heterocycles. The van der Waals surface area contributed by atoms with Crippen molar-refractivity contribution in [3.05, 3.63) is 29.6 Å². The van der Waals surface area contributed by atoms with Gasteiger partial charge in [-0.15, -0.1) is 0 Å². The van der Waals surface area contributed by atoms with Crippen molar-refractivity contribution in [2.45, 2.75) is 32.9 Å². The molecular weight excluding hydrogens is 253 g/mol. The number of anilines is 1. The number of nitrogens with one attached hydrogen (secondary N) is 1. The van der Waals surface area contributed by atoms with Crippen LogP contribution in [0.1, 0.15) is 25.8 Å². The third-order valence-electron chi connectivity index (χ3n) is 3.97. The molecule has 1 atom stereocenters. The average molecular weight is 279 g/mol. The Morgan fingerprint density at radius 3 is 2.90 bits per heavy atom. The summed E-state index contributed by atoms with van der Waals surface area (Å²) in [6.07, 6.45) is 1.08. The van der Waals surface area contributed by atoms with Crippen molar-refractivity contribution in [1.82, 2.24) is 10.2 Å². The van der Waals surface area contributed by atoms with E-state index in [1.165, 1.54) is 0 Å². The highest BCUT2D eigenvalue weighted by atomic mass is 19.1. The van der Waals surface area contributed by atoms with Crippen molar-refractivity contribution in [3.8, 4) is 0 Å². The van der Waals surface area contributed by atoms with E-state index in [1.807, 2.05) is 6.07 Å². The van der Waals surface area contributed by atoms with Crippen LogP contribution in [0.2, 0.25) is 0 Å². The summed E-state index contributed by atoms with van der Waals surface area (Å²) in [5, 5.41) is 3.31. The number of halogens is 1. The summed E-state index contributed by atoms with van der Waals surface area (Å²) in [6.45, 7) is 8.86. The Morgan fingerprint density at radius 2 is 2.15 bits per heavy atom. The zero-order chi connectivity index (χ0) is 14.5. The molecule has 1 aromatic carbocycles. The fraction of sp³-hybridized carbons (Fsp3) is 0.625. The van der Waals surface area contributed by atoms with Crippen LogP contribution in [0.5, 0.6) is 0 Å². The van der Waals surface area contributed by atoms with Crippen LogP contribution in [0.25, 0.3) is 0 Å². The highest BCUT2D eigenvalue weighted by Gasteiger charge is 2.24. The number of benzene rings is 1. The summed E-state index contributed by atoms with van der Waals surface area (Å²) < 4.78 is 14.4. The van der Waals surface area contributed by atoms with E-state index in [1.54, 1.807) is 12.1 Å². The normalized spacial score (nSPS) is 21.0. The molecule has 1 unspecified atom stereocenters. The molecule has 1 aliphatic heterocycles. The standard InChI is InChI=1S/C16H26FN3/c1-4-18-11-14-7-5-8-15(17)16(14)20-10-6-9-19(3)12-13(20)2/h5,7-8,13,18H,4,6,9-12H2,1-3H3. The van der Waals surface area contributed by atoms with Crippen LogP contribution in [0.4, 0.5) is 10.1 Å². The summed E-state index contributed by atoms with van der Waals surface area (Å²) in [4.78, 5) is 4.57. The van der Waals surface area contributed by atoms with Crippen molar-refractivity contribution in [2.75, 3.05) is 38.1 Å². The Balaban J connectivity index is 2.29. The van der Waals surface area contributed by atoms with Crippen LogP contribution in [-0.4, -0.2) is 44.2 Å². The molecule has 1 aliphatic rings. The summed E-state index contributed by atoms with van der Waals surface area (Å²) >= 11 is 0. The predicted octanol–water partition coefficient (Wildman–Crippen LogP) is 2.47. The van der Waals surface area contributed by atoms with Gasteiger partial charge in [-0.25, -0.2) is 4.39 Å². The molecule has 0 aliphatic carbocycles. The van der Waals surface area contributed by atoms with Crippen LogP contribution in [0, 0.1) is 5.82 Å². The zero-order valence-corrected chi connectivity index (χ0v) is 12.8. The molecule has 0 saturated carbocycles. The first kappa shape index (κ1) is 15.3. The van der Waals surface area contributed by atoms with E-state index in [9.17, 15) is 4.39 Å². The fourth-order valence-electron chi connectivity index (χ4n) is 2.99. The van der Waals surface area contributed by atoms with Gasteiger partial charge in [0.15, 0.2) is 0 Å². The Labute approximate surface area is 121 Å². The number of hydrogen-bond acceptors (Lipinski definition) is 3. The maximum Gasteiger partial charge on any atom is 0.146 e. The van der Waals surface area contributed by atoms with Gasteiger partial charge in [-0.2, -0.15) is 0 Å². The van der Waals surface area contributed by atoms with Crippen LogP contribution >= 0.6 is 0 Å². The number of rotatable bonds is 4. The fourth-order valence-corrected chi connectivity index (χ4v) is 2.99. The third-order valence-corrected chi connectivity index (χ3v) is 3.97. The molecule has 1 saturated heterocycles. The lowest BCUT2D eigenvalue weighted by atomic mass is 10.1. The molecule has 0 spiro atoms. The number of para-hydroxylation sites is 1. The predicted molar refractivity (Wildman–Crippen MR) is 82.7 cm³/mol. The second-order valence-corrected chi connectivity index (χ2v) is 5.69. The van der Waals surface area contributed by atoms with Crippen LogP contribution < -0.4 is 10.2 Å². The summed E-state index contributed by atoms with van der Waals surface area (Å²) in [5.74, 6) is -0.100. The molecule has 0 aromatic heterocycles. The number of nitrogens with zero attached hydrogens (tertiary/aromatic N) is 2. The Kier molecular flexibility index (Phi) is 5.38. The zero-order valence-electron chi connectivity index (χ0n) is 12.8. The smallest absolute Gasteiger partial charge is 0.146 e. The van der Waals surface area contributed by atoms with E-state index in [4.69, 9.17) is 0 Å². The molecular formula is C16H26FN3. The Hall–Kier alpha value is -1.13. The van der Waals surface area contributed by atoms with Gasteiger partial charge < -0.3 is 15.1 Å². The first-order chi connectivity index (χ1) is 9.63. The van der Waals surface area contributed by atoms with Crippen molar-refractivity contribution < 1.29 is 4.39 Å². The summed E-state index contributed by atoms with van der Waals surface area (Å²) in [7, 11) is 2.14. The van der Waals surface area contributed by atoms with Gasteiger partial charge in [0.25, 0.3) is 0 Å². The van der Waals surface area contributed by atoms with Gasteiger partial charge in [0.2, 0.25) is 0 Å². The average Bonchev–Trinajstić information content (AvgIpc) is 2.57. The van der Waals surface area contributed by atoms with E-state index < -0.39 is 0 Å². The van der Waals surface area contributed by atoms with Crippen LogP contribution in [0.3, 0.4) is 0 Å². The SMILES string of the molecule is CCNCc1cccc(F)c1N1CCCN(C)CC1C. The monoisotopic (exact) mass is 279 g/mol. The topological polar surface area (TPSA) is 18.5 Å². The molecule has 1 N–H and O–H groups in total. The van der Waals surface area contributed by atoms with Gasteiger partial charge in [-0.05, 0) is 45.1 Å². The summed E-state index contributed by atoms with van der Waals surface area (Å²) in [5.41, 5.74) is 1.85. The first-order valence-electron chi connectivity index (χ1n) is 7.56. The maximum atomic E-state index is 14.4. The molecule has 4 heteroatoms. The second kappa shape index (κ2) is 7.04. The molecule has 1 fully saturated rings. The van der Waals surface area contributed by atoms with Gasteiger partial charge in [0.1, 0.15) is 5.82 Å². The van der Waals surface area contributed by atoms with E-state index in [-0.39, 0.29) is 5.82 Å². The van der Waals surface area contributed by atoms with Gasteiger partial charge in [-0.3, -0.25) is 0 Å². The molecule has 1 aromatic rings. The molecule has 3 nitrogen and oxygen atoms in total. The van der Waals surface area contributed by atoms with Crippen molar-refractivity contribution in [3.63, 3.8) is 0 Å². The number of hydrogen-bond donors (Lipinski definition) is 1. The Bertz CT molecular complexity index is 436. The van der Waals surface area contributed by atoms with Crippen LogP contribution in [0.15, 0.2) is 18.2 Å². The van der Waals surface area contributed by atoms with Crippen molar-refractivity contribution in [2.24, 2.45) is 0 Å². The summed E-state index contributed by atoms with van der Waals surface area (Å²) in [6, 6.07) is 5.74. The lowest BCUT2D eigenvalue weighted by Gasteiger charge is -2.32. The molecule has 0 amide bonds. The lowest BCUT2D eigenvalue weighted by molar-refractivity contribution is 0.337. The van der Waals surface area contributed by atoms with Gasteiger partial charge in [0, 0.05) is 25.7 Å². The maximum absolute atomic E-state index is 14.4. The quantitative estimate of drug-likeness (QED) is 0.913. The van der Waals surface area contributed by atoms with E-state index >= 15 is 0 Å². The van der Waals surface area contributed by atoms with Gasteiger partial charge in [-0.1, -0.05) is 19.1 Å². The highest BCUT2D eigenvalue weighted by Crippen LogP contribution is 2.28. The minimum absolute atomic E-state index is 0.100. The van der Waals surface area contributed by atoms with E-state index in [2.05, 4.69) is 36.0 Å². The van der Waals surface area contributed by atoms with Crippen molar-refractivity contribution >= 4 is 5.69 Å². The van der Waals surface area contributed by atoms with E-state index in [0.717, 1.165) is 50.4 Å². The van der Waals surface area contributed by atoms with Gasteiger partial charge in [0.05, 0.1) is 5.69 Å². The molecule has 0 radical (unpaired) electrons. The molecule has 112 valence electrons. The largest absolute Gasteiger partial charge is 0.365 e. The molecule has 0 bridgehead atoms. The third kappa shape index (κ3) is 3.49. The van der Waals surface area contributed by atoms with Crippen molar-refractivity contribution in [1.29, 1.82) is 0 Å². The molecule has 2 rings (SSSR count). The highest BCUT2D eigenvalue weighted by molar-refractivity contribution is 5.56. The Morgan fingerprint density at radius 1 is 1.35 bits per heavy atom. The van der Waals surface area contributed by atoms with E-state index in [0.29, 0.717) is 6.04 Å².